The SMILES string of the molecule is Cc1cc(S(=O)(=O)N2CCCC2C(=O)O)cc(C)c1F. The summed E-state index contributed by atoms with van der Waals surface area (Å²) in [6.07, 6.45) is 0.809. The summed E-state index contributed by atoms with van der Waals surface area (Å²) < 4.78 is 39.6. The van der Waals surface area contributed by atoms with Gasteiger partial charge in [0, 0.05) is 6.54 Å². The maximum Gasteiger partial charge on any atom is 0.322 e. The third-order valence-electron chi connectivity index (χ3n) is 3.51. The highest BCUT2D eigenvalue weighted by molar-refractivity contribution is 7.89. The van der Waals surface area contributed by atoms with Crippen LogP contribution in [0.3, 0.4) is 0 Å². The summed E-state index contributed by atoms with van der Waals surface area (Å²) in [6, 6.07) is 1.45. The van der Waals surface area contributed by atoms with E-state index >= 15 is 0 Å². The molecule has 0 aromatic heterocycles. The highest BCUT2D eigenvalue weighted by atomic mass is 32.2. The Bertz CT molecular complexity index is 633. The Morgan fingerprint density at radius 1 is 1.35 bits per heavy atom. The highest BCUT2D eigenvalue weighted by Gasteiger charge is 2.39. The van der Waals surface area contributed by atoms with E-state index in [4.69, 9.17) is 5.11 Å². The smallest absolute Gasteiger partial charge is 0.322 e. The molecule has 110 valence electrons. The number of aryl methyl sites for hydroxylation is 2. The molecule has 0 bridgehead atoms. The zero-order valence-electron chi connectivity index (χ0n) is 11.3. The average Bonchev–Trinajstić information content (AvgIpc) is 2.85. The highest BCUT2D eigenvalue weighted by Crippen LogP contribution is 2.28. The lowest BCUT2D eigenvalue weighted by molar-refractivity contribution is -0.140. The Morgan fingerprint density at radius 3 is 2.40 bits per heavy atom. The number of benzene rings is 1. The molecule has 0 aliphatic carbocycles. The second-order valence-electron chi connectivity index (χ2n) is 4.98. The summed E-state index contributed by atoms with van der Waals surface area (Å²) in [6.45, 7) is 3.15. The molecule has 0 saturated carbocycles. The fourth-order valence-corrected chi connectivity index (χ4v) is 4.29. The van der Waals surface area contributed by atoms with Crippen molar-refractivity contribution in [3.05, 3.63) is 29.1 Å². The number of carboxylic acids is 1. The van der Waals surface area contributed by atoms with E-state index in [-0.39, 0.29) is 22.6 Å². The monoisotopic (exact) mass is 301 g/mol. The van der Waals surface area contributed by atoms with Crippen LogP contribution in [0.4, 0.5) is 4.39 Å². The van der Waals surface area contributed by atoms with Crippen LogP contribution < -0.4 is 0 Å². The van der Waals surface area contributed by atoms with Crippen molar-refractivity contribution in [3.8, 4) is 0 Å². The third-order valence-corrected chi connectivity index (χ3v) is 5.39. The van der Waals surface area contributed by atoms with Gasteiger partial charge >= 0.3 is 5.97 Å². The Labute approximate surface area is 117 Å². The lowest BCUT2D eigenvalue weighted by atomic mass is 10.1. The number of halogens is 1. The fraction of sp³-hybridized carbons (Fsp3) is 0.462. The van der Waals surface area contributed by atoms with E-state index < -0.39 is 27.9 Å². The largest absolute Gasteiger partial charge is 0.480 e. The van der Waals surface area contributed by atoms with Crippen molar-refractivity contribution in [2.45, 2.75) is 37.6 Å². The molecule has 1 aliphatic heterocycles. The van der Waals surface area contributed by atoms with Gasteiger partial charge < -0.3 is 5.11 Å². The van der Waals surface area contributed by atoms with E-state index in [1.54, 1.807) is 0 Å². The van der Waals surface area contributed by atoms with Crippen molar-refractivity contribution in [1.82, 2.24) is 4.31 Å². The minimum atomic E-state index is -3.91. The number of hydrogen-bond donors (Lipinski definition) is 1. The number of aliphatic carboxylic acids is 1. The quantitative estimate of drug-likeness (QED) is 0.921. The molecule has 1 saturated heterocycles. The maximum atomic E-state index is 13.6. The molecule has 1 aromatic rings. The Balaban J connectivity index is 2.48. The van der Waals surface area contributed by atoms with Crippen molar-refractivity contribution in [2.75, 3.05) is 6.54 Å². The molecule has 20 heavy (non-hydrogen) atoms. The molecular weight excluding hydrogens is 285 g/mol. The van der Waals surface area contributed by atoms with Crippen LogP contribution in [0.2, 0.25) is 0 Å². The molecule has 1 fully saturated rings. The summed E-state index contributed by atoms with van der Waals surface area (Å²) in [7, 11) is -3.91. The van der Waals surface area contributed by atoms with Crippen LogP contribution in [0.1, 0.15) is 24.0 Å². The standard InChI is InChI=1S/C13H16FNO4S/c1-8-6-10(7-9(2)12(8)14)20(18,19)15-5-3-4-11(15)13(16)17/h6-7,11H,3-5H2,1-2H3,(H,16,17). The van der Waals surface area contributed by atoms with Crippen LogP contribution in [0.15, 0.2) is 17.0 Å². The van der Waals surface area contributed by atoms with E-state index in [0.29, 0.717) is 12.8 Å². The lowest BCUT2D eigenvalue weighted by Crippen LogP contribution is -2.40. The molecule has 7 heteroatoms. The maximum absolute atomic E-state index is 13.6. The summed E-state index contributed by atoms with van der Waals surface area (Å²) in [5.74, 6) is -1.60. The molecule has 1 aromatic carbocycles. The van der Waals surface area contributed by atoms with Crippen LogP contribution in [-0.2, 0) is 14.8 Å². The molecule has 5 nitrogen and oxygen atoms in total. The van der Waals surface area contributed by atoms with Gasteiger partial charge in [0.2, 0.25) is 10.0 Å². The Hall–Kier alpha value is -1.47. The minimum Gasteiger partial charge on any atom is -0.480 e. The molecule has 1 unspecified atom stereocenters. The van der Waals surface area contributed by atoms with Gasteiger partial charge in [-0.2, -0.15) is 4.31 Å². The first-order chi connectivity index (χ1) is 9.25. The molecule has 2 rings (SSSR count). The zero-order valence-corrected chi connectivity index (χ0v) is 12.1. The first kappa shape index (κ1) is 14.9. The second kappa shape index (κ2) is 5.14. The molecule has 0 radical (unpaired) electrons. The normalized spacial score (nSPS) is 20.2. The first-order valence-corrected chi connectivity index (χ1v) is 7.70. The van der Waals surface area contributed by atoms with E-state index in [0.717, 1.165) is 4.31 Å². The summed E-state index contributed by atoms with van der Waals surface area (Å²) >= 11 is 0. The van der Waals surface area contributed by atoms with Crippen LogP contribution in [-0.4, -0.2) is 36.4 Å². The zero-order chi connectivity index (χ0) is 15.1. The van der Waals surface area contributed by atoms with Crippen LogP contribution in [0.25, 0.3) is 0 Å². The number of carboxylic acid groups (broad SMARTS) is 1. The van der Waals surface area contributed by atoms with Gasteiger partial charge in [-0.3, -0.25) is 4.79 Å². The number of hydrogen-bond acceptors (Lipinski definition) is 3. The molecular formula is C13H16FNO4S. The van der Waals surface area contributed by atoms with E-state index in [1.807, 2.05) is 0 Å². The molecule has 1 heterocycles. The van der Waals surface area contributed by atoms with E-state index in [9.17, 15) is 17.6 Å². The number of sulfonamides is 1. The lowest BCUT2D eigenvalue weighted by Gasteiger charge is -2.21. The average molecular weight is 301 g/mol. The first-order valence-electron chi connectivity index (χ1n) is 6.26. The van der Waals surface area contributed by atoms with Gasteiger partial charge in [0.25, 0.3) is 0 Å². The van der Waals surface area contributed by atoms with Crippen LogP contribution >= 0.6 is 0 Å². The van der Waals surface area contributed by atoms with Crippen LogP contribution in [0, 0.1) is 19.7 Å². The van der Waals surface area contributed by atoms with Crippen molar-refractivity contribution in [2.24, 2.45) is 0 Å². The topological polar surface area (TPSA) is 74.7 Å². The second-order valence-corrected chi connectivity index (χ2v) is 6.87. The number of rotatable bonds is 3. The summed E-state index contributed by atoms with van der Waals surface area (Å²) in [5, 5.41) is 9.08. The molecule has 1 N–H and O–H groups in total. The molecule has 0 amide bonds. The van der Waals surface area contributed by atoms with Gasteiger partial charge in [-0.15, -0.1) is 0 Å². The summed E-state index contributed by atoms with van der Waals surface area (Å²) in [4.78, 5) is 11.1. The predicted octanol–water partition coefficient (Wildman–Crippen LogP) is 1.68. The van der Waals surface area contributed by atoms with Gasteiger partial charge in [0.05, 0.1) is 4.90 Å². The minimum absolute atomic E-state index is 0.0537. The van der Waals surface area contributed by atoms with E-state index in [1.165, 1.54) is 26.0 Å². The van der Waals surface area contributed by atoms with Crippen molar-refractivity contribution in [3.63, 3.8) is 0 Å². The Morgan fingerprint density at radius 2 is 1.90 bits per heavy atom. The Kier molecular flexibility index (Phi) is 3.84. The van der Waals surface area contributed by atoms with Crippen molar-refractivity contribution in [1.29, 1.82) is 0 Å². The van der Waals surface area contributed by atoms with E-state index in [2.05, 4.69) is 0 Å². The number of nitrogens with zero attached hydrogens (tertiary/aromatic N) is 1. The van der Waals surface area contributed by atoms with Gasteiger partial charge in [0.15, 0.2) is 0 Å². The fourth-order valence-electron chi connectivity index (χ4n) is 2.47. The summed E-state index contributed by atoms with van der Waals surface area (Å²) in [5.41, 5.74) is 0.462. The van der Waals surface area contributed by atoms with Crippen molar-refractivity contribution < 1.29 is 22.7 Å². The number of carbonyl (C=O) groups is 1. The molecule has 1 atom stereocenters. The van der Waals surface area contributed by atoms with Crippen molar-refractivity contribution >= 4 is 16.0 Å². The van der Waals surface area contributed by atoms with Gasteiger partial charge in [-0.05, 0) is 49.9 Å². The van der Waals surface area contributed by atoms with Gasteiger partial charge in [-0.1, -0.05) is 0 Å². The molecule has 0 spiro atoms. The predicted molar refractivity (Wildman–Crippen MR) is 70.4 cm³/mol. The van der Waals surface area contributed by atoms with Crippen LogP contribution in [0.5, 0.6) is 0 Å². The van der Waals surface area contributed by atoms with Gasteiger partial charge in [0.1, 0.15) is 11.9 Å². The molecule has 1 aliphatic rings. The van der Waals surface area contributed by atoms with Gasteiger partial charge in [-0.25, -0.2) is 12.8 Å². The third kappa shape index (κ3) is 2.43.